The zero-order valence-electron chi connectivity index (χ0n) is 14.0. The Labute approximate surface area is 150 Å². The highest BCUT2D eigenvalue weighted by molar-refractivity contribution is 5.97. The van der Waals surface area contributed by atoms with Gasteiger partial charge in [0.25, 0.3) is 18.0 Å². The molecule has 0 bridgehead atoms. The van der Waals surface area contributed by atoms with Gasteiger partial charge in [-0.05, 0) is 31.7 Å². The fourth-order valence-corrected chi connectivity index (χ4v) is 2.92. The topological polar surface area (TPSA) is 81.5 Å². The first-order valence-corrected chi connectivity index (χ1v) is 8.15. The molecule has 1 aromatic rings. The van der Waals surface area contributed by atoms with Gasteiger partial charge in [-0.3, -0.25) is 14.9 Å². The monoisotopic (exact) mass is 396 g/mol. The lowest BCUT2D eigenvalue weighted by atomic mass is 9.85. The number of rotatable bonds is 6. The van der Waals surface area contributed by atoms with Gasteiger partial charge in [-0.15, -0.1) is 0 Å². The summed E-state index contributed by atoms with van der Waals surface area (Å²) in [4.78, 5) is 22.5. The quantitative estimate of drug-likeness (QED) is 0.446. The number of ether oxygens (including phenoxy) is 1. The van der Waals surface area contributed by atoms with Gasteiger partial charge in [0, 0.05) is 18.2 Å². The van der Waals surface area contributed by atoms with Gasteiger partial charge < -0.3 is 10.1 Å². The van der Waals surface area contributed by atoms with Crippen molar-refractivity contribution in [2.75, 3.05) is 6.61 Å². The van der Waals surface area contributed by atoms with Crippen LogP contribution in [-0.4, -0.2) is 36.1 Å². The molecule has 0 aliphatic heterocycles. The predicted molar refractivity (Wildman–Crippen MR) is 83.9 cm³/mol. The second-order valence-corrected chi connectivity index (χ2v) is 6.20. The van der Waals surface area contributed by atoms with E-state index in [1.54, 1.807) is 0 Å². The summed E-state index contributed by atoms with van der Waals surface area (Å²) in [5.41, 5.74) is -0.756. The Kier molecular flexibility index (Phi) is 6.55. The van der Waals surface area contributed by atoms with Gasteiger partial charge in [-0.1, -0.05) is 0 Å². The summed E-state index contributed by atoms with van der Waals surface area (Å²) in [6.07, 6.45) is -7.19. The summed E-state index contributed by atoms with van der Waals surface area (Å²) >= 11 is 0. The van der Waals surface area contributed by atoms with Crippen molar-refractivity contribution in [3.8, 4) is 5.75 Å². The molecule has 1 fully saturated rings. The number of nitro groups is 1. The number of nitro benzene ring substituents is 1. The van der Waals surface area contributed by atoms with E-state index in [2.05, 4.69) is 5.32 Å². The van der Waals surface area contributed by atoms with E-state index in [1.807, 2.05) is 0 Å². The molecule has 150 valence electrons. The van der Waals surface area contributed by atoms with Crippen molar-refractivity contribution in [1.29, 1.82) is 0 Å². The Morgan fingerprint density at radius 3 is 2.41 bits per heavy atom. The molecule has 0 radical (unpaired) electrons. The number of carbonyl (C=O) groups excluding carboxylic acids is 1. The van der Waals surface area contributed by atoms with E-state index in [-0.39, 0.29) is 37.0 Å². The van der Waals surface area contributed by atoms with Crippen molar-refractivity contribution in [2.45, 2.75) is 44.3 Å². The highest BCUT2D eigenvalue weighted by Gasteiger charge is 2.41. The summed E-state index contributed by atoms with van der Waals surface area (Å²) in [5.74, 6) is -2.51. The molecule has 1 aliphatic carbocycles. The van der Waals surface area contributed by atoms with E-state index in [0.717, 1.165) is 18.2 Å². The zero-order valence-corrected chi connectivity index (χ0v) is 14.0. The van der Waals surface area contributed by atoms with Crippen molar-refractivity contribution in [3.05, 3.63) is 33.9 Å². The van der Waals surface area contributed by atoms with Gasteiger partial charge in [0.1, 0.15) is 12.4 Å². The fourth-order valence-electron chi connectivity index (χ4n) is 2.92. The lowest BCUT2D eigenvalue weighted by Crippen LogP contribution is -2.40. The van der Waals surface area contributed by atoms with Crippen LogP contribution in [-0.2, 0) is 0 Å². The van der Waals surface area contributed by atoms with Crippen molar-refractivity contribution in [2.24, 2.45) is 5.92 Å². The van der Waals surface area contributed by atoms with Crippen LogP contribution in [0.15, 0.2) is 18.2 Å². The van der Waals surface area contributed by atoms with E-state index in [9.17, 15) is 36.9 Å². The first-order chi connectivity index (χ1) is 12.6. The minimum Gasteiger partial charge on any atom is -0.487 e. The number of hydrogen-bond acceptors (Lipinski definition) is 4. The molecule has 6 nitrogen and oxygen atoms in total. The molecule has 0 saturated heterocycles. The number of nitrogens with zero attached hydrogens (tertiary/aromatic N) is 1. The van der Waals surface area contributed by atoms with Crippen molar-refractivity contribution < 1.29 is 36.4 Å². The standard InChI is InChI=1S/C16H17F5N2O4/c17-14(18)8-27-13-6-5-11(23(25)26)7-12(13)15(24)22-10-3-1-9(2-4-10)16(19,20)21/h5-7,9-10,14H,1-4,8H2,(H,22,24)/t9-,10-. The average molecular weight is 396 g/mol. The molecule has 0 heterocycles. The molecular formula is C16H17F5N2O4. The van der Waals surface area contributed by atoms with E-state index in [4.69, 9.17) is 4.74 Å². The highest BCUT2D eigenvalue weighted by Crippen LogP contribution is 2.37. The molecule has 1 N–H and O–H groups in total. The van der Waals surface area contributed by atoms with Crippen molar-refractivity contribution in [1.82, 2.24) is 5.32 Å². The van der Waals surface area contributed by atoms with Gasteiger partial charge in [-0.2, -0.15) is 13.2 Å². The number of nitrogens with one attached hydrogen (secondary N) is 1. The van der Waals surface area contributed by atoms with E-state index in [1.165, 1.54) is 0 Å². The van der Waals surface area contributed by atoms with E-state index >= 15 is 0 Å². The highest BCUT2D eigenvalue weighted by atomic mass is 19.4. The minimum atomic E-state index is -4.29. The lowest BCUT2D eigenvalue weighted by molar-refractivity contribution is -0.384. The predicted octanol–water partition coefficient (Wildman–Crippen LogP) is 4.09. The minimum absolute atomic E-state index is 0.0953. The number of halogens is 5. The van der Waals surface area contributed by atoms with E-state index < -0.39 is 47.7 Å². The van der Waals surface area contributed by atoms with Gasteiger partial charge in [0.2, 0.25) is 0 Å². The largest absolute Gasteiger partial charge is 0.487 e. The van der Waals surface area contributed by atoms with Crippen molar-refractivity contribution in [3.63, 3.8) is 0 Å². The van der Waals surface area contributed by atoms with Gasteiger partial charge in [0.15, 0.2) is 0 Å². The molecule has 1 saturated carbocycles. The summed E-state index contributed by atoms with van der Waals surface area (Å²) in [6, 6.07) is 2.39. The van der Waals surface area contributed by atoms with Crippen LogP contribution in [0.25, 0.3) is 0 Å². The third kappa shape index (κ3) is 5.76. The molecule has 27 heavy (non-hydrogen) atoms. The smallest absolute Gasteiger partial charge is 0.391 e. The molecule has 1 aliphatic rings. The molecule has 0 aromatic heterocycles. The second-order valence-electron chi connectivity index (χ2n) is 6.20. The van der Waals surface area contributed by atoms with Crippen LogP contribution in [0.2, 0.25) is 0 Å². The molecule has 11 heteroatoms. The second kappa shape index (κ2) is 8.49. The fraction of sp³-hybridized carbons (Fsp3) is 0.562. The Morgan fingerprint density at radius 2 is 1.89 bits per heavy atom. The number of carbonyl (C=O) groups is 1. The maximum Gasteiger partial charge on any atom is 0.391 e. The molecule has 1 amide bonds. The summed E-state index contributed by atoms with van der Waals surface area (Å²) in [5, 5.41) is 13.4. The van der Waals surface area contributed by atoms with Gasteiger partial charge in [0.05, 0.1) is 16.4 Å². The first-order valence-electron chi connectivity index (χ1n) is 8.15. The third-order valence-electron chi connectivity index (χ3n) is 4.31. The Bertz CT molecular complexity index is 688. The van der Waals surface area contributed by atoms with E-state index in [0.29, 0.717) is 0 Å². The maximum absolute atomic E-state index is 12.7. The molecule has 0 spiro atoms. The molecule has 0 unspecified atom stereocenters. The lowest BCUT2D eigenvalue weighted by Gasteiger charge is -2.30. The number of amides is 1. The summed E-state index contributed by atoms with van der Waals surface area (Å²) < 4.78 is 67.6. The first kappa shape index (κ1) is 20.8. The Balaban J connectivity index is 2.10. The molecule has 1 aromatic carbocycles. The number of alkyl halides is 5. The number of hydrogen-bond donors (Lipinski definition) is 1. The van der Waals surface area contributed by atoms with Crippen LogP contribution in [0.1, 0.15) is 36.0 Å². The summed E-state index contributed by atoms with van der Waals surface area (Å²) in [7, 11) is 0. The van der Waals surface area contributed by atoms with Gasteiger partial charge in [-0.25, -0.2) is 8.78 Å². The summed E-state index contributed by atoms with van der Waals surface area (Å²) in [6.45, 7) is -1.01. The Morgan fingerprint density at radius 1 is 1.26 bits per heavy atom. The SMILES string of the molecule is O=C(N[C@H]1CC[C@H](C(F)(F)F)CC1)c1cc([N+](=O)[O-])ccc1OCC(F)F. The zero-order chi connectivity index (χ0) is 20.2. The average Bonchev–Trinajstić information content (AvgIpc) is 2.59. The van der Waals surface area contributed by atoms with Crippen molar-refractivity contribution >= 4 is 11.6 Å². The molecule has 2 rings (SSSR count). The van der Waals surface area contributed by atoms with Crippen LogP contribution in [0.4, 0.5) is 27.6 Å². The van der Waals surface area contributed by atoms with Crippen LogP contribution < -0.4 is 10.1 Å². The molecular weight excluding hydrogens is 379 g/mol. The Hall–Kier alpha value is -2.46. The van der Waals surface area contributed by atoms with Crippen LogP contribution in [0.5, 0.6) is 5.75 Å². The maximum atomic E-state index is 12.7. The van der Waals surface area contributed by atoms with Crippen LogP contribution >= 0.6 is 0 Å². The van der Waals surface area contributed by atoms with Gasteiger partial charge >= 0.3 is 6.18 Å². The number of non-ortho nitro benzene ring substituents is 1. The van der Waals surface area contributed by atoms with Crippen LogP contribution in [0, 0.1) is 16.0 Å². The van der Waals surface area contributed by atoms with Crippen LogP contribution in [0.3, 0.4) is 0 Å². The number of benzene rings is 1. The normalized spacial score (nSPS) is 20.4. The third-order valence-corrected chi connectivity index (χ3v) is 4.31. The molecule has 0 atom stereocenters.